The van der Waals surface area contributed by atoms with E-state index in [1.165, 1.54) is 23.6 Å². The maximum Gasteiger partial charge on any atom is 0.183 e. The van der Waals surface area contributed by atoms with E-state index in [1.54, 1.807) is 6.20 Å². The molecule has 0 atom stereocenters. The molecule has 90 valence electrons. The smallest absolute Gasteiger partial charge is 0.183 e. The molecule has 0 radical (unpaired) electrons. The van der Waals surface area contributed by atoms with Gasteiger partial charge in [-0.05, 0) is 26.8 Å². The highest BCUT2D eigenvalue weighted by Gasteiger charge is 2.12. The maximum absolute atomic E-state index is 13.0. The largest absolute Gasteiger partial charge is 0.357 e. The van der Waals surface area contributed by atoms with E-state index >= 15 is 0 Å². The molecule has 0 aliphatic heterocycles. The van der Waals surface area contributed by atoms with Crippen LogP contribution in [0.4, 0.5) is 9.52 Å². The summed E-state index contributed by atoms with van der Waals surface area (Å²) in [5.41, 5.74) is 1.41. The van der Waals surface area contributed by atoms with E-state index in [2.05, 4.69) is 36.1 Å². The van der Waals surface area contributed by atoms with Crippen molar-refractivity contribution < 1.29 is 4.39 Å². The highest BCUT2D eigenvalue weighted by molar-refractivity contribution is 7.14. The second kappa shape index (κ2) is 4.41. The van der Waals surface area contributed by atoms with Gasteiger partial charge < -0.3 is 5.32 Å². The van der Waals surface area contributed by atoms with Gasteiger partial charge in [0, 0.05) is 22.7 Å². The van der Waals surface area contributed by atoms with Gasteiger partial charge >= 0.3 is 0 Å². The summed E-state index contributed by atoms with van der Waals surface area (Å²) in [6.07, 6.45) is 2.79. The Morgan fingerprint density at radius 2 is 2.06 bits per heavy atom. The van der Waals surface area contributed by atoms with Gasteiger partial charge in [0.2, 0.25) is 0 Å². The fourth-order valence-corrected chi connectivity index (χ4v) is 2.26. The summed E-state index contributed by atoms with van der Waals surface area (Å²) in [4.78, 5) is 8.22. The quantitative estimate of drug-likeness (QED) is 0.887. The van der Waals surface area contributed by atoms with Crippen molar-refractivity contribution in [3.8, 4) is 11.3 Å². The molecule has 2 heterocycles. The Hall–Kier alpha value is -1.49. The minimum absolute atomic E-state index is 0.0324. The Balaban J connectivity index is 2.24. The van der Waals surface area contributed by atoms with Crippen molar-refractivity contribution >= 4 is 16.5 Å². The molecule has 0 saturated heterocycles. The van der Waals surface area contributed by atoms with Crippen LogP contribution < -0.4 is 5.32 Å². The summed E-state index contributed by atoms with van der Waals surface area (Å²) in [7, 11) is 0. The minimum Gasteiger partial charge on any atom is -0.357 e. The van der Waals surface area contributed by atoms with Crippen molar-refractivity contribution in [1.29, 1.82) is 0 Å². The van der Waals surface area contributed by atoms with Crippen LogP contribution in [-0.2, 0) is 0 Å². The van der Waals surface area contributed by atoms with Crippen LogP contribution in [0.15, 0.2) is 23.8 Å². The van der Waals surface area contributed by atoms with E-state index in [1.807, 2.05) is 5.38 Å². The molecule has 1 N–H and O–H groups in total. The third kappa shape index (κ3) is 3.23. The predicted octanol–water partition coefficient (Wildman–Crippen LogP) is 3.55. The Morgan fingerprint density at radius 3 is 2.71 bits per heavy atom. The monoisotopic (exact) mass is 251 g/mol. The van der Waals surface area contributed by atoms with Gasteiger partial charge in [0.05, 0.1) is 11.9 Å². The van der Waals surface area contributed by atoms with E-state index in [9.17, 15) is 4.39 Å². The van der Waals surface area contributed by atoms with Gasteiger partial charge in [-0.15, -0.1) is 11.3 Å². The van der Waals surface area contributed by atoms with Crippen LogP contribution in [0.1, 0.15) is 20.8 Å². The Morgan fingerprint density at radius 1 is 1.29 bits per heavy atom. The lowest BCUT2D eigenvalue weighted by atomic mass is 10.1. The van der Waals surface area contributed by atoms with Crippen molar-refractivity contribution in [2.75, 3.05) is 5.32 Å². The summed E-state index contributed by atoms with van der Waals surface area (Å²) in [5.74, 6) is -0.346. The van der Waals surface area contributed by atoms with Crippen molar-refractivity contribution in [2.24, 2.45) is 0 Å². The van der Waals surface area contributed by atoms with Crippen LogP contribution in [0, 0.1) is 5.82 Å². The first-order chi connectivity index (χ1) is 7.94. The lowest BCUT2D eigenvalue weighted by Gasteiger charge is -2.19. The van der Waals surface area contributed by atoms with E-state index < -0.39 is 0 Å². The first kappa shape index (κ1) is 12.0. The second-order valence-electron chi connectivity index (χ2n) is 4.80. The molecule has 17 heavy (non-hydrogen) atoms. The zero-order chi connectivity index (χ0) is 12.5. The molecule has 0 bridgehead atoms. The summed E-state index contributed by atoms with van der Waals surface area (Å²) >= 11 is 1.50. The molecule has 0 aromatic carbocycles. The van der Waals surface area contributed by atoms with Crippen molar-refractivity contribution in [1.82, 2.24) is 9.97 Å². The van der Waals surface area contributed by atoms with Crippen LogP contribution in [0.5, 0.6) is 0 Å². The Bertz CT molecular complexity index is 516. The average Bonchev–Trinajstić information content (AvgIpc) is 2.63. The van der Waals surface area contributed by atoms with Gasteiger partial charge in [0.15, 0.2) is 5.13 Å². The van der Waals surface area contributed by atoms with E-state index in [0.29, 0.717) is 5.56 Å². The number of hydrogen-bond acceptors (Lipinski definition) is 4. The van der Waals surface area contributed by atoms with Gasteiger partial charge in [-0.25, -0.2) is 9.37 Å². The third-order valence-electron chi connectivity index (χ3n) is 1.99. The van der Waals surface area contributed by atoms with Gasteiger partial charge in [0.25, 0.3) is 0 Å². The number of rotatable bonds is 2. The standard InChI is InChI=1S/C12H14FN3S/c1-12(2,3)16-11-15-10(7-17-11)8-4-9(13)6-14-5-8/h4-7H,1-3H3,(H,15,16). The zero-order valence-corrected chi connectivity index (χ0v) is 10.8. The summed E-state index contributed by atoms with van der Waals surface area (Å²) in [6, 6.07) is 1.43. The second-order valence-corrected chi connectivity index (χ2v) is 5.66. The average molecular weight is 251 g/mol. The Labute approximate surface area is 104 Å². The molecule has 5 heteroatoms. The molecule has 0 aliphatic rings. The van der Waals surface area contributed by atoms with Crippen molar-refractivity contribution in [3.63, 3.8) is 0 Å². The highest BCUT2D eigenvalue weighted by atomic mass is 32.1. The fourth-order valence-electron chi connectivity index (χ4n) is 1.34. The molecule has 0 amide bonds. The topological polar surface area (TPSA) is 37.8 Å². The zero-order valence-electron chi connectivity index (χ0n) is 9.99. The van der Waals surface area contributed by atoms with Crippen LogP contribution >= 0.6 is 11.3 Å². The number of anilines is 1. The van der Waals surface area contributed by atoms with Gasteiger partial charge in [-0.3, -0.25) is 4.98 Å². The minimum atomic E-state index is -0.346. The number of thiazole rings is 1. The molecular formula is C12H14FN3S. The Kier molecular flexibility index (Phi) is 3.11. The molecule has 0 spiro atoms. The lowest BCUT2D eigenvalue weighted by Crippen LogP contribution is -2.25. The highest BCUT2D eigenvalue weighted by Crippen LogP contribution is 2.26. The normalized spacial score (nSPS) is 11.5. The molecule has 0 aliphatic carbocycles. The van der Waals surface area contributed by atoms with E-state index in [-0.39, 0.29) is 11.4 Å². The predicted molar refractivity (Wildman–Crippen MR) is 68.7 cm³/mol. The number of aromatic nitrogens is 2. The van der Waals surface area contributed by atoms with Gasteiger partial charge in [0.1, 0.15) is 5.82 Å². The maximum atomic E-state index is 13.0. The van der Waals surface area contributed by atoms with Crippen molar-refractivity contribution in [3.05, 3.63) is 29.7 Å². The molecule has 2 rings (SSSR count). The SMILES string of the molecule is CC(C)(C)Nc1nc(-c2cncc(F)c2)cs1. The summed E-state index contributed by atoms with van der Waals surface area (Å²) in [5, 5.41) is 6.00. The number of nitrogens with zero attached hydrogens (tertiary/aromatic N) is 2. The molecule has 2 aromatic rings. The van der Waals surface area contributed by atoms with E-state index in [4.69, 9.17) is 0 Å². The molecule has 3 nitrogen and oxygen atoms in total. The van der Waals surface area contributed by atoms with Crippen LogP contribution in [0.25, 0.3) is 11.3 Å². The van der Waals surface area contributed by atoms with Crippen LogP contribution in [-0.4, -0.2) is 15.5 Å². The van der Waals surface area contributed by atoms with Crippen LogP contribution in [0.3, 0.4) is 0 Å². The number of nitrogens with one attached hydrogen (secondary N) is 1. The fraction of sp³-hybridized carbons (Fsp3) is 0.333. The van der Waals surface area contributed by atoms with Gasteiger partial charge in [-0.1, -0.05) is 0 Å². The number of halogens is 1. The van der Waals surface area contributed by atoms with E-state index in [0.717, 1.165) is 10.8 Å². The lowest BCUT2D eigenvalue weighted by molar-refractivity contribution is 0.622. The first-order valence-electron chi connectivity index (χ1n) is 5.29. The molecule has 0 fully saturated rings. The third-order valence-corrected chi connectivity index (χ3v) is 2.74. The van der Waals surface area contributed by atoms with Crippen molar-refractivity contribution in [2.45, 2.75) is 26.3 Å². The molecule has 0 saturated carbocycles. The summed E-state index contributed by atoms with van der Waals surface area (Å²) < 4.78 is 13.0. The molecule has 0 unspecified atom stereocenters. The van der Waals surface area contributed by atoms with Gasteiger partial charge in [-0.2, -0.15) is 0 Å². The summed E-state index contributed by atoms with van der Waals surface area (Å²) in [6.45, 7) is 6.20. The first-order valence-corrected chi connectivity index (χ1v) is 6.17. The number of pyridine rings is 1. The molecule has 2 aromatic heterocycles. The number of hydrogen-bond donors (Lipinski definition) is 1. The molecular weight excluding hydrogens is 237 g/mol. The van der Waals surface area contributed by atoms with Crippen LogP contribution in [0.2, 0.25) is 0 Å².